The monoisotopic (exact) mass is 472 g/mol. The highest BCUT2D eigenvalue weighted by Gasteiger charge is 2.16. The van der Waals surface area contributed by atoms with Crippen molar-refractivity contribution in [1.82, 2.24) is 19.3 Å². The van der Waals surface area contributed by atoms with Crippen molar-refractivity contribution in [2.24, 2.45) is 0 Å². The van der Waals surface area contributed by atoms with Gasteiger partial charge in [0.2, 0.25) is 0 Å². The van der Waals surface area contributed by atoms with E-state index < -0.39 is 0 Å². The summed E-state index contributed by atoms with van der Waals surface area (Å²) in [5.74, 6) is 1.63. The molecular formula is C26H24N4OS2. The Morgan fingerprint density at radius 1 is 0.879 bits per heavy atom. The first-order chi connectivity index (χ1) is 16.2. The van der Waals surface area contributed by atoms with Crippen LogP contribution in [0.2, 0.25) is 0 Å². The van der Waals surface area contributed by atoms with Crippen LogP contribution in [0.15, 0.2) is 88.8 Å². The van der Waals surface area contributed by atoms with Crippen molar-refractivity contribution in [3.05, 3.63) is 111 Å². The number of benzene rings is 3. The summed E-state index contributed by atoms with van der Waals surface area (Å²) < 4.78 is 4.97. The van der Waals surface area contributed by atoms with Crippen molar-refractivity contribution in [3.63, 3.8) is 0 Å². The molecule has 0 N–H and O–H groups in total. The van der Waals surface area contributed by atoms with Gasteiger partial charge in [-0.2, -0.15) is 0 Å². The first-order valence-corrected chi connectivity index (χ1v) is 12.7. The van der Waals surface area contributed by atoms with Crippen molar-refractivity contribution in [3.8, 4) is 0 Å². The second kappa shape index (κ2) is 9.77. The first-order valence-electron chi connectivity index (χ1n) is 10.9. The van der Waals surface area contributed by atoms with Crippen LogP contribution < -0.4 is 4.87 Å². The Hall–Kier alpha value is -3.16. The molecule has 0 aliphatic rings. The summed E-state index contributed by atoms with van der Waals surface area (Å²) in [4.78, 5) is 12.7. The standard InChI is InChI=1S/C26H24N4OS2/c1-19-8-7-11-21(16-19)18-32-25-28-27-24(29(25)15-14-20-9-3-2-4-10-20)17-30-22-12-5-6-13-23(22)33-26(30)31/h2-13,16H,14-15,17-18H2,1H3. The molecule has 0 amide bonds. The number of hydrogen-bond acceptors (Lipinski definition) is 5. The molecule has 0 saturated carbocycles. The third kappa shape index (κ3) is 4.94. The minimum Gasteiger partial charge on any atom is -0.304 e. The predicted octanol–water partition coefficient (Wildman–Crippen LogP) is 5.55. The molecule has 3 aromatic carbocycles. The highest BCUT2D eigenvalue weighted by Crippen LogP contribution is 2.24. The molecule has 33 heavy (non-hydrogen) atoms. The third-order valence-corrected chi connectivity index (χ3v) is 7.58. The lowest BCUT2D eigenvalue weighted by Crippen LogP contribution is -2.18. The summed E-state index contributed by atoms with van der Waals surface area (Å²) in [5.41, 5.74) is 4.73. The average molecular weight is 473 g/mol. The zero-order valence-corrected chi connectivity index (χ0v) is 20.0. The minimum absolute atomic E-state index is 0.0303. The molecular weight excluding hydrogens is 448 g/mol. The smallest absolute Gasteiger partial charge is 0.304 e. The Bertz CT molecular complexity index is 1440. The van der Waals surface area contributed by atoms with E-state index in [9.17, 15) is 4.79 Å². The normalized spacial score (nSPS) is 11.3. The Morgan fingerprint density at radius 2 is 1.67 bits per heavy atom. The van der Waals surface area contributed by atoms with Crippen LogP contribution in [0.3, 0.4) is 0 Å². The van der Waals surface area contributed by atoms with Crippen molar-refractivity contribution in [2.75, 3.05) is 0 Å². The summed E-state index contributed by atoms with van der Waals surface area (Å²) in [5, 5.41) is 9.92. The van der Waals surface area contributed by atoms with Crippen molar-refractivity contribution < 1.29 is 0 Å². The second-order valence-electron chi connectivity index (χ2n) is 7.99. The van der Waals surface area contributed by atoms with E-state index >= 15 is 0 Å². The Balaban J connectivity index is 1.44. The fourth-order valence-corrected chi connectivity index (χ4v) is 5.72. The Morgan fingerprint density at radius 3 is 2.52 bits per heavy atom. The van der Waals surface area contributed by atoms with Gasteiger partial charge in [0.05, 0.1) is 16.8 Å². The zero-order valence-electron chi connectivity index (χ0n) is 18.3. The van der Waals surface area contributed by atoms with Crippen molar-refractivity contribution in [2.45, 2.75) is 37.3 Å². The number of thioether (sulfide) groups is 1. The van der Waals surface area contributed by atoms with Crippen LogP contribution in [0.5, 0.6) is 0 Å². The fourth-order valence-electron chi connectivity index (χ4n) is 3.91. The number of thiazole rings is 1. The number of fused-ring (bicyclic) bond motifs is 1. The molecule has 0 unspecified atom stereocenters. The molecule has 0 spiro atoms. The van der Waals surface area contributed by atoms with Gasteiger partial charge in [-0.1, -0.05) is 95.4 Å². The van der Waals surface area contributed by atoms with Gasteiger partial charge in [-0.05, 0) is 36.6 Å². The minimum atomic E-state index is 0.0303. The largest absolute Gasteiger partial charge is 0.308 e. The van der Waals surface area contributed by atoms with Gasteiger partial charge in [0.15, 0.2) is 11.0 Å². The molecule has 0 saturated heterocycles. The maximum atomic E-state index is 12.7. The number of rotatable bonds is 8. The molecule has 0 atom stereocenters. The van der Waals surface area contributed by atoms with Gasteiger partial charge in [0.1, 0.15) is 0 Å². The molecule has 0 aliphatic heterocycles. The summed E-state index contributed by atoms with van der Waals surface area (Å²) >= 11 is 2.96. The maximum Gasteiger partial charge on any atom is 0.308 e. The van der Waals surface area contributed by atoms with Crippen LogP contribution in [0.4, 0.5) is 0 Å². The third-order valence-electron chi connectivity index (χ3n) is 5.58. The molecule has 0 radical (unpaired) electrons. The first kappa shape index (κ1) is 21.7. The maximum absolute atomic E-state index is 12.7. The molecule has 7 heteroatoms. The number of aryl methyl sites for hydroxylation is 2. The summed E-state index contributed by atoms with van der Waals surface area (Å²) in [7, 11) is 0. The Kier molecular flexibility index (Phi) is 6.41. The highest BCUT2D eigenvalue weighted by atomic mass is 32.2. The highest BCUT2D eigenvalue weighted by molar-refractivity contribution is 7.98. The van der Waals surface area contributed by atoms with Gasteiger partial charge in [0.25, 0.3) is 0 Å². The van der Waals surface area contributed by atoms with Gasteiger partial charge < -0.3 is 4.57 Å². The van der Waals surface area contributed by atoms with Crippen LogP contribution in [0.25, 0.3) is 10.2 Å². The van der Waals surface area contributed by atoms with E-state index in [-0.39, 0.29) is 4.87 Å². The van der Waals surface area contributed by atoms with E-state index in [1.807, 2.05) is 30.3 Å². The molecule has 5 nitrogen and oxygen atoms in total. The van der Waals surface area contributed by atoms with Gasteiger partial charge in [-0.3, -0.25) is 9.36 Å². The molecule has 0 aliphatic carbocycles. The summed E-state index contributed by atoms with van der Waals surface area (Å²) in [6, 6.07) is 26.9. The molecule has 2 aromatic heterocycles. The van der Waals surface area contributed by atoms with Gasteiger partial charge in [-0.25, -0.2) is 0 Å². The predicted molar refractivity (Wildman–Crippen MR) is 136 cm³/mol. The average Bonchev–Trinajstić information content (AvgIpc) is 3.37. The molecule has 0 fully saturated rings. The number of hydrogen-bond donors (Lipinski definition) is 0. The van der Waals surface area contributed by atoms with Crippen LogP contribution in [-0.2, 0) is 25.3 Å². The van der Waals surface area contributed by atoms with Gasteiger partial charge in [-0.15, -0.1) is 10.2 Å². The van der Waals surface area contributed by atoms with Crippen LogP contribution >= 0.6 is 23.1 Å². The molecule has 5 rings (SSSR count). The van der Waals surface area contributed by atoms with Crippen LogP contribution in [0.1, 0.15) is 22.5 Å². The zero-order chi connectivity index (χ0) is 22.6. The summed E-state index contributed by atoms with van der Waals surface area (Å²) in [6.45, 7) is 3.28. The van der Waals surface area contributed by atoms with E-state index in [0.29, 0.717) is 6.54 Å². The van der Waals surface area contributed by atoms with Gasteiger partial charge in [0, 0.05) is 12.3 Å². The second-order valence-corrected chi connectivity index (χ2v) is 9.92. The molecule has 0 bridgehead atoms. The van der Waals surface area contributed by atoms with Crippen molar-refractivity contribution >= 4 is 33.3 Å². The van der Waals surface area contributed by atoms with E-state index in [0.717, 1.165) is 39.9 Å². The van der Waals surface area contributed by atoms with E-state index in [4.69, 9.17) is 0 Å². The number of para-hydroxylation sites is 1. The molecule has 5 aromatic rings. The molecule has 2 heterocycles. The molecule has 166 valence electrons. The quantitative estimate of drug-likeness (QED) is 0.278. The van der Waals surface area contributed by atoms with E-state index in [1.165, 1.54) is 28.0 Å². The van der Waals surface area contributed by atoms with Crippen molar-refractivity contribution in [1.29, 1.82) is 0 Å². The van der Waals surface area contributed by atoms with E-state index in [1.54, 1.807) is 16.3 Å². The van der Waals surface area contributed by atoms with E-state index in [2.05, 4.69) is 70.2 Å². The van der Waals surface area contributed by atoms with Gasteiger partial charge >= 0.3 is 4.87 Å². The Labute approximate surface area is 200 Å². The lowest BCUT2D eigenvalue weighted by Gasteiger charge is -2.11. The van der Waals surface area contributed by atoms with Crippen LogP contribution in [0, 0.1) is 6.92 Å². The lowest BCUT2D eigenvalue weighted by atomic mass is 10.1. The fraction of sp³-hybridized carbons (Fsp3) is 0.192. The topological polar surface area (TPSA) is 52.7 Å². The number of nitrogens with zero attached hydrogens (tertiary/aromatic N) is 4. The summed E-state index contributed by atoms with van der Waals surface area (Å²) in [6.07, 6.45) is 0.878. The number of aromatic nitrogens is 4. The SMILES string of the molecule is Cc1cccc(CSc2nnc(Cn3c(=O)sc4ccccc43)n2CCc2ccccc2)c1. The van der Waals surface area contributed by atoms with Crippen LogP contribution in [-0.4, -0.2) is 19.3 Å². The lowest BCUT2D eigenvalue weighted by molar-refractivity contribution is 0.586.